The van der Waals surface area contributed by atoms with E-state index in [-0.39, 0.29) is 16.8 Å². The van der Waals surface area contributed by atoms with Gasteiger partial charge in [-0.1, -0.05) is 29.8 Å². The summed E-state index contributed by atoms with van der Waals surface area (Å²) in [6.45, 7) is 3.12. The van der Waals surface area contributed by atoms with Crippen molar-refractivity contribution in [1.29, 1.82) is 0 Å². The number of ether oxygens (including phenoxy) is 1. The second-order valence-electron chi connectivity index (χ2n) is 7.51. The van der Waals surface area contributed by atoms with E-state index in [1.807, 2.05) is 29.0 Å². The van der Waals surface area contributed by atoms with E-state index in [0.29, 0.717) is 42.5 Å². The molecule has 2 aromatic carbocycles. The molecule has 4 rings (SSSR count). The summed E-state index contributed by atoms with van der Waals surface area (Å²) in [6, 6.07) is 13.6. The summed E-state index contributed by atoms with van der Waals surface area (Å²) in [7, 11) is -3.70. The van der Waals surface area contributed by atoms with Gasteiger partial charge in [-0.15, -0.1) is 0 Å². The Hall–Kier alpha value is -2.23. The third-order valence-corrected chi connectivity index (χ3v) is 8.26. The molecule has 32 heavy (non-hydrogen) atoms. The second kappa shape index (κ2) is 9.72. The summed E-state index contributed by atoms with van der Waals surface area (Å²) in [5, 5.41) is 7.61. The summed E-state index contributed by atoms with van der Waals surface area (Å²) in [6.07, 6.45) is 0. The first kappa shape index (κ1) is 22.9. The number of hydrogen-bond acceptors (Lipinski definition) is 5. The molecule has 0 saturated carbocycles. The lowest BCUT2D eigenvalue weighted by molar-refractivity contribution is 0.0730. The van der Waals surface area contributed by atoms with Crippen LogP contribution in [0.4, 0.5) is 0 Å². The minimum absolute atomic E-state index is 0.105. The Kier molecular flexibility index (Phi) is 6.97. The molecule has 1 unspecified atom stereocenters. The molecule has 0 bridgehead atoms. The van der Waals surface area contributed by atoms with Gasteiger partial charge in [0, 0.05) is 23.7 Å². The zero-order valence-electron chi connectivity index (χ0n) is 17.5. The van der Waals surface area contributed by atoms with Crippen molar-refractivity contribution in [3.63, 3.8) is 0 Å². The predicted octanol–water partition coefficient (Wildman–Crippen LogP) is 4.25. The van der Waals surface area contributed by atoms with Crippen LogP contribution in [-0.2, 0) is 14.8 Å². The van der Waals surface area contributed by atoms with Gasteiger partial charge in [-0.2, -0.15) is 15.6 Å². The van der Waals surface area contributed by atoms with Gasteiger partial charge in [0.1, 0.15) is 0 Å². The van der Waals surface area contributed by atoms with Gasteiger partial charge in [0.05, 0.1) is 24.2 Å². The molecular formula is C23H23ClN2O4S2. The number of carbonyl (C=O) groups excluding carboxylic acids is 1. The van der Waals surface area contributed by atoms with E-state index in [2.05, 4.69) is 5.32 Å². The number of rotatable bonds is 6. The van der Waals surface area contributed by atoms with Crippen LogP contribution in [0, 0.1) is 6.92 Å². The van der Waals surface area contributed by atoms with Gasteiger partial charge in [0.25, 0.3) is 5.91 Å². The van der Waals surface area contributed by atoms with Gasteiger partial charge >= 0.3 is 0 Å². The second-order valence-corrected chi connectivity index (χ2v) is 10.7. The molecule has 3 aromatic rings. The Morgan fingerprint density at radius 2 is 1.81 bits per heavy atom. The van der Waals surface area contributed by atoms with Crippen LogP contribution < -0.4 is 5.32 Å². The third-order valence-electron chi connectivity index (χ3n) is 5.42. The standard InChI is InChI=1S/C23H23ClN2O4S2/c1-16-2-7-20(32(28,29)26-9-11-30-12-10-26)14-21(16)23(27)25-22(18-8-13-31-15-18)17-3-5-19(24)6-4-17/h2-8,13-15,22H,9-12H2,1H3,(H,25,27). The largest absolute Gasteiger partial charge is 0.379 e. The Morgan fingerprint density at radius 1 is 1.09 bits per heavy atom. The fourth-order valence-corrected chi connectivity index (χ4v) is 5.85. The molecule has 1 saturated heterocycles. The molecule has 6 nitrogen and oxygen atoms in total. The number of nitrogens with zero attached hydrogens (tertiary/aromatic N) is 1. The Morgan fingerprint density at radius 3 is 2.47 bits per heavy atom. The number of thiophene rings is 1. The summed E-state index contributed by atoms with van der Waals surface area (Å²) < 4.78 is 32.8. The van der Waals surface area contributed by atoms with Crippen LogP contribution in [0.2, 0.25) is 5.02 Å². The molecule has 1 atom stereocenters. The maximum Gasteiger partial charge on any atom is 0.252 e. The highest BCUT2D eigenvalue weighted by Gasteiger charge is 2.28. The van der Waals surface area contributed by atoms with E-state index in [9.17, 15) is 13.2 Å². The van der Waals surface area contributed by atoms with Crippen molar-refractivity contribution in [2.75, 3.05) is 26.3 Å². The zero-order valence-corrected chi connectivity index (χ0v) is 19.8. The van der Waals surface area contributed by atoms with E-state index in [1.54, 1.807) is 42.5 Å². The van der Waals surface area contributed by atoms with Gasteiger partial charge in [0.2, 0.25) is 10.0 Å². The zero-order chi connectivity index (χ0) is 22.7. The predicted molar refractivity (Wildman–Crippen MR) is 126 cm³/mol. The smallest absolute Gasteiger partial charge is 0.252 e. The quantitative estimate of drug-likeness (QED) is 0.560. The highest BCUT2D eigenvalue weighted by molar-refractivity contribution is 7.89. The molecule has 0 spiro atoms. The number of aryl methyl sites for hydroxylation is 1. The van der Waals surface area contributed by atoms with Gasteiger partial charge in [0.15, 0.2) is 0 Å². The van der Waals surface area contributed by atoms with Crippen molar-refractivity contribution in [3.8, 4) is 0 Å². The average Bonchev–Trinajstić information content (AvgIpc) is 3.33. The van der Waals surface area contributed by atoms with E-state index >= 15 is 0 Å². The SMILES string of the molecule is Cc1ccc(S(=O)(=O)N2CCOCC2)cc1C(=O)NC(c1ccc(Cl)cc1)c1ccsc1. The van der Waals surface area contributed by atoms with Gasteiger partial charge in [-0.3, -0.25) is 4.79 Å². The van der Waals surface area contributed by atoms with Crippen LogP contribution in [0.5, 0.6) is 0 Å². The van der Waals surface area contributed by atoms with Crippen molar-refractivity contribution in [2.24, 2.45) is 0 Å². The maximum atomic E-state index is 13.3. The number of sulfonamides is 1. The molecule has 1 N–H and O–H groups in total. The molecule has 2 heterocycles. The Balaban J connectivity index is 1.64. The van der Waals surface area contributed by atoms with Crippen molar-refractivity contribution in [1.82, 2.24) is 9.62 Å². The molecule has 168 valence electrons. The number of morpholine rings is 1. The molecule has 9 heteroatoms. The van der Waals surface area contributed by atoms with E-state index in [1.165, 1.54) is 10.4 Å². The van der Waals surface area contributed by atoms with Gasteiger partial charge in [-0.05, 0) is 64.7 Å². The first-order chi connectivity index (χ1) is 15.4. The fraction of sp³-hybridized carbons (Fsp3) is 0.261. The molecule has 1 fully saturated rings. The number of benzene rings is 2. The van der Waals surface area contributed by atoms with Crippen molar-refractivity contribution < 1.29 is 17.9 Å². The third kappa shape index (κ3) is 4.89. The lowest BCUT2D eigenvalue weighted by Gasteiger charge is -2.26. The first-order valence-corrected chi connectivity index (χ1v) is 12.9. The van der Waals surface area contributed by atoms with Crippen LogP contribution >= 0.6 is 22.9 Å². The Bertz CT molecular complexity index is 1190. The molecule has 1 aliphatic heterocycles. The monoisotopic (exact) mass is 490 g/mol. The molecule has 0 aliphatic carbocycles. The molecule has 1 amide bonds. The van der Waals surface area contributed by atoms with Crippen molar-refractivity contribution in [3.05, 3.63) is 86.6 Å². The van der Waals surface area contributed by atoms with E-state index < -0.39 is 10.0 Å². The normalized spacial score (nSPS) is 15.9. The minimum atomic E-state index is -3.70. The van der Waals surface area contributed by atoms with Gasteiger partial charge < -0.3 is 10.1 Å². The van der Waals surface area contributed by atoms with Crippen LogP contribution in [0.25, 0.3) is 0 Å². The maximum absolute atomic E-state index is 13.3. The number of hydrogen-bond donors (Lipinski definition) is 1. The minimum Gasteiger partial charge on any atom is -0.379 e. The van der Waals surface area contributed by atoms with Crippen molar-refractivity contribution in [2.45, 2.75) is 17.9 Å². The summed E-state index contributed by atoms with van der Waals surface area (Å²) in [5.74, 6) is -0.340. The summed E-state index contributed by atoms with van der Waals surface area (Å²) >= 11 is 7.57. The topological polar surface area (TPSA) is 75.7 Å². The molecule has 1 aromatic heterocycles. The first-order valence-electron chi connectivity index (χ1n) is 10.1. The number of amides is 1. The van der Waals surface area contributed by atoms with Gasteiger partial charge in [-0.25, -0.2) is 8.42 Å². The number of carbonyl (C=O) groups is 1. The molecule has 0 radical (unpaired) electrons. The lowest BCUT2D eigenvalue weighted by atomic mass is 10.00. The summed E-state index contributed by atoms with van der Waals surface area (Å²) in [5.41, 5.74) is 2.86. The fourth-order valence-electron chi connectivity index (χ4n) is 3.60. The average molecular weight is 491 g/mol. The van der Waals surface area contributed by atoms with Crippen LogP contribution in [0.1, 0.15) is 33.1 Å². The van der Waals surface area contributed by atoms with E-state index in [4.69, 9.17) is 16.3 Å². The molecule has 1 aliphatic rings. The highest BCUT2D eigenvalue weighted by atomic mass is 35.5. The highest BCUT2D eigenvalue weighted by Crippen LogP contribution is 2.27. The van der Waals surface area contributed by atoms with E-state index in [0.717, 1.165) is 11.1 Å². The number of halogens is 1. The van der Waals surface area contributed by atoms with Crippen LogP contribution in [0.15, 0.2) is 64.2 Å². The lowest BCUT2D eigenvalue weighted by Crippen LogP contribution is -2.40. The van der Waals surface area contributed by atoms with Crippen LogP contribution in [-0.4, -0.2) is 44.9 Å². The summed E-state index contributed by atoms with van der Waals surface area (Å²) in [4.78, 5) is 13.4. The van der Waals surface area contributed by atoms with Crippen molar-refractivity contribution >= 4 is 38.9 Å². The Labute approximate surface area is 196 Å². The van der Waals surface area contributed by atoms with Crippen LogP contribution in [0.3, 0.4) is 0 Å². The molecular weight excluding hydrogens is 468 g/mol. The number of nitrogens with one attached hydrogen (secondary N) is 1.